The van der Waals surface area contributed by atoms with Gasteiger partial charge in [0.05, 0.1) is 13.4 Å². The zero-order valence-electron chi connectivity index (χ0n) is 11.3. The third kappa shape index (κ3) is 3.30. The maximum Gasteiger partial charge on any atom is 0.176 e. The molecule has 1 heterocycles. The average Bonchev–Trinajstić information content (AvgIpc) is 2.99. The molecule has 4 N–H and O–H groups in total. The summed E-state index contributed by atoms with van der Waals surface area (Å²) in [6.07, 6.45) is 0.512. The number of rotatable bonds is 6. The summed E-state index contributed by atoms with van der Waals surface area (Å²) in [6.45, 7) is 1.84. The molecule has 2 aromatic rings. The summed E-state index contributed by atoms with van der Waals surface area (Å²) in [6, 6.07) is 8.08. The van der Waals surface area contributed by atoms with Crippen LogP contribution in [0.4, 0.5) is 0 Å². The van der Waals surface area contributed by atoms with Gasteiger partial charge in [0, 0.05) is 11.6 Å². The zero-order chi connectivity index (χ0) is 14.5. The highest BCUT2D eigenvalue weighted by Crippen LogP contribution is 2.28. The molecular formula is C14H18N2O4. The number of aromatic hydroxyl groups is 1. The number of benzene rings is 1. The van der Waals surface area contributed by atoms with Crippen molar-refractivity contribution in [3.8, 4) is 11.5 Å². The second-order valence-electron chi connectivity index (χ2n) is 4.35. The minimum absolute atomic E-state index is 0.153. The molecule has 2 atom stereocenters. The molecule has 0 spiro atoms. The van der Waals surface area contributed by atoms with Gasteiger partial charge in [0.15, 0.2) is 6.23 Å². The van der Waals surface area contributed by atoms with Gasteiger partial charge >= 0.3 is 0 Å². The van der Waals surface area contributed by atoms with E-state index < -0.39 is 6.23 Å². The van der Waals surface area contributed by atoms with Crippen LogP contribution >= 0.6 is 0 Å². The van der Waals surface area contributed by atoms with Gasteiger partial charge in [-0.15, -0.1) is 0 Å². The lowest BCUT2D eigenvalue weighted by atomic mass is 10.1. The first-order valence-corrected chi connectivity index (χ1v) is 6.21. The molecule has 0 bridgehead atoms. The lowest BCUT2D eigenvalue weighted by Crippen LogP contribution is -2.37. The predicted molar refractivity (Wildman–Crippen MR) is 73.0 cm³/mol. The molecule has 0 radical (unpaired) electrons. The fourth-order valence-corrected chi connectivity index (χ4v) is 1.81. The minimum Gasteiger partial charge on any atom is -0.508 e. The topological polar surface area (TPSA) is 86.9 Å². The monoisotopic (exact) mass is 278 g/mol. The molecule has 2 unspecified atom stereocenters. The smallest absolute Gasteiger partial charge is 0.176 e. The number of hydrogen-bond donors (Lipinski definition) is 4. The van der Waals surface area contributed by atoms with Crippen LogP contribution in [-0.2, 0) is 0 Å². The van der Waals surface area contributed by atoms with Crippen molar-refractivity contribution >= 4 is 0 Å². The van der Waals surface area contributed by atoms with E-state index in [1.165, 1.54) is 6.26 Å². The summed E-state index contributed by atoms with van der Waals surface area (Å²) in [5.74, 6) is 1.21. The van der Waals surface area contributed by atoms with E-state index in [4.69, 9.17) is 9.15 Å². The van der Waals surface area contributed by atoms with E-state index in [1.54, 1.807) is 37.4 Å². The number of hydrogen-bond acceptors (Lipinski definition) is 6. The first kappa shape index (κ1) is 14.4. The number of ether oxygens (including phenoxy) is 1. The van der Waals surface area contributed by atoms with Crippen molar-refractivity contribution in [3.05, 3.63) is 47.9 Å². The molecule has 0 aliphatic rings. The van der Waals surface area contributed by atoms with E-state index in [-0.39, 0.29) is 11.8 Å². The predicted octanol–water partition coefficient (Wildman–Crippen LogP) is 1.84. The van der Waals surface area contributed by atoms with Crippen LogP contribution in [0.25, 0.3) is 0 Å². The fraction of sp³-hybridized carbons (Fsp3) is 0.286. The number of methoxy groups -OCH3 is 1. The van der Waals surface area contributed by atoms with Crippen molar-refractivity contribution in [2.24, 2.45) is 0 Å². The lowest BCUT2D eigenvalue weighted by molar-refractivity contribution is 0.0911. The number of hydrazine groups is 1. The molecule has 20 heavy (non-hydrogen) atoms. The molecule has 6 heteroatoms. The van der Waals surface area contributed by atoms with Crippen molar-refractivity contribution in [1.82, 2.24) is 10.9 Å². The molecule has 6 nitrogen and oxygen atoms in total. The molecule has 0 aliphatic heterocycles. The van der Waals surface area contributed by atoms with Crippen LogP contribution in [0.3, 0.4) is 0 Å². The Balaban J connectivity index is 1.99. The number of furan rings is 1. The van der Waals surface area contributed by atoms with E-state index in [2.05, 4.69) is 10.9 Å². The molecule has 2 rings (SSSR count). The van der Waals surface area contributed by atoms with Gasteiger partial charge in [0.25, 0.3) is 0 Å². The van der Waals surface area contributed by atoms with Gasteiger partial charge in [0.2, 0.25) is 0 Å². The van der Waals surface area contributed by atoms with Gasteiger partial charge in [-0.1, -0.05) is 0 Å². The molecule has 108 valence electrons. The average molecular weight is 278 g/mol. The van der Waals surface area contributed by atoms with E-state index in [0.29, 0.717) is 17.1 Å². The molecule has 0 amide bonds. The standard InChI is InChI=1S/C14H18N2O4/c1-9(11-8-10(19-2)5-6-12(11)17)15-16-14(18)13-4-3-7-20-13/h3-9,14-18H,1-2H3. The molecule has 0 aliphatic carbocycles. The Hall–Kier alpha value is -2.02. The number of phenols is 1. The third-order valence-corrected chi connectivity index (χ3v) is 2.95. The van der Waals surface area contributed by atoms with E-state index in [1.807, 2.05) is 6.92 Å². The normalized spacial score (nSPS) is 13.9. The summed E-state index contributed by atoms with van der Waals surface area (Å²) < 4.78 is 10.2. The highest BCUT2D eigenvalue weighted by Gasteiger charge is 2.14. The number of aliphatic hydroxyl groups is 1. The highest BCUT2D eigenvalue weighted by atomic mass is 16.5. The zero-order valence-corrected chi connectivity index (χ0v) is 11.3. The van der Waals surface area contributed by atoms with Gasteiger partial charge in [-0.05, 0) is 37.3 Å². The van der Waals surface area contributed by atoms with Crippen LogP contribution in [0, 0.1) is 0 Å². The first-order valence-electron chi connectivity index (χ1n) is 6.21. The lowest BCUT2D eigenvalue weighted by Gasteiger charge is -2.19. The SMILES string of the molecule is COc1ccc(O)c(C(C)NNC(O)c2ccco2)c1. The molecule has 0 fully saturated rings. The summed E-state index contributed by atoms with van der Waals surface area (Å²) in [5, 5.41) is 19.7. The van der Waals surface area contributed by atoms with Gasteiger partial charge in [-0.3, -0.25) is 0 Å². The van der Waals surface area contributed by atoms with Crippen molar-refractivity contribution < 1.29 is 19.4 Å². The second-order valence-corrected chi connectivity index (χ2v) is 4.35. The Labute approximate surface area is 117 Å². The summed E-state index contributed by atoms with van der Waals surface area (Å²) in [4.78, 5) is 0. The highest BCUT2D eigenvalue weighted by molar-refractivity contribution is 5.40. The number of nitrogens with one attached hydrogen (secondary N) is 2. The Morgan fingerprint density at radius 1 is 1.25 bits per heavy atom. The Bertz CT molecular complexity index is 542. The fourth-order valence-electron chi connectivity index (χ4n) is 1.81. The van der Waals surface area contributed by atoms with Crippen LogP contribution in [-0.4, -0.2) is 17.3 Å². The maximum absolute atomic E-state index is 9.85. The Morgan fingerprint density at radius 2 is 2.05 bits per heavy atom. The van der Waals surface area contributed by atoms with E-state index in [9.17, 15) is 10.2 Å². The summed E-state index contributed by atoms with van der Waals surface area (Å²) in [7, 11) is 1.56. The van der Waals surface area contributed by atoms with E-state index in [0.717, 1.165) is 0 Å². The van der Waals surface area contributed by atoms with Gasteiger partial charge in [-0.2, -0.15) is 0 Å². The van der Waals surface area contributed by atoms with Crippen molar-refractivity contribution in [1.29, 1.82) is 0 Å². The Morgan fingerprint density at radius 3 is 2.70 bits per heavy atom. The van der Waals surface area contributed by atoms with Crippen LogP contribution < -0.4 is 15.6 Å². The quantitative estimate of drug-likeness (QED) is 0.476. The maximum atomic E-state index is 9.85. The third-order valence-electron chi connectivity index (χ3n) is 2.95. The molecule has 1 aromatic heterocycles. The van der Waals surface area contributed by atoms with Crippen LogP contribution in [0.1, 0.15) is 30.5 Å². The van der Waals surface area contributed by atoms with Crippen molar-refractivity contribution in [2.45, 2.75) is 19.2 Å². The molecule has 0 saturated carbocycles. The van der Waals surface area contributed by atoms with Crippen molar-refractivity contribution in [2.75, 3.05) is 7.11 Å². The van der Waals surface area contributed by atoms with Gasteiger partial charge < -0.3 is 19.4 Å². The molecular weight excluding hydrogens is 260 g/mol. The molecule has 1 aromatic carbocycles. The van der Waals surface area contributed by atoms with Crippen LogP contribution in [0.5, 0.6) is 11.5 Å². The second kappa shape index (κ2) is 6.42. The number of phenolic OH excluding ortho intramolecular Hbond substituents is 1. The largest absolute Gasteiger partial charge is 0.508 e. The van der Waals surface area contributed by atoms with E-state index >= 15 is 0 Å². The molecule has 0 saturated heterocycles. The van der Waals surface area contributed by atoms with Gasteiger partial charge in [-0.25, -0.2) is 10.9 Å². The van der Waals surface area contributed by atoms with Crippen LogP contribution in [0.15, 0.2) is 41.0 Å². The Kier molecular flexibility index (Phi) is 4.62. The minimum atomic E-state index is -0.972. The summed E-state index contributed by atoms with van der Waals surface area (Å²) in [5.41, 5.74) is 6.27. The first-order chi connectivity index (χ1) is 9.61. The number of aliphatic hydroxyl groups excluding tert-OH is 1. The van der Waals surface area contributed by atoms with Crippen LogP contribution in [0.2, 0.25) is 0 Å². The summed E-state index contributed by atoms with van der Waals surface area (Å²) >= 11 is 0. The van der Waals surface area contributed by atoms with Crippen molar-refractivity contribution in [3.63, 3.8) is 0 Å². The van der Waals surface area contributed by atoms with Gasteiger partial charge in [0.1, 0.15) is 17.3 Å².